The van der Waals surface area contributed by atoms with Crippen LogP contribution < -0.4 is 0 Å². The van der Waals surface area contributed by atoms with Crippen molar-refractivity contribution in [3.05, 3.63) is 12.7 Å². The molecule has 0 atom stereocenters. The van der Waals surface area contributed by atoms with Gasteiger partial charge in [0.25, 0.3) is 0 Å². The number of aliphatic hydroxyl groups is 1. The number of thiol groups is 1. The first kappa shape index (κ1) is 13.1. The van der Waals surface area contributed by atoms with Gasteiger partial charge in [-0.25, -0.2) is 4.79 Å². The van der Waals surface area contributed by atoms with Crippen molar-refractivity contribution >= 4 is 18.6 Å². The van der Waals surface area contributed by atoms with E-state index in [1.165, 1.54) is 0 Å². The van der Waals surface area contributed by atoms with Crippen molar-refractivity contribution in [3.8, 4) is 0 Å². The Morgan fingerprint density at radius 2 is 2.27 bits per heavy atom. The molecule has 0 aliphatic heterocycles. The van der Waals surface area contributed by atoms with E-state index in [-0.39, 0.29) is 0 Å². The average Bonchev–Trinajstić information content (AvgIpc) is 2.05. The van der Waals surface area contributed by atoms with Crippen molar-refractivity contribution in [3.63, 3.8) is 0 Å². The highest BCUT2D eigenvalue weighted by molar-refractivity contribution is 7.80. The zero-order valence-corrected chi connectivity index (χ0v) is 7.51. The summed E-state index contributed by atoms with van der Waals surface area (Å²) in [4.78, 5) is 9.94. The van der Waals surface area contributed by atoms with Crippen LogP contribution in [0.5, 0.6) is 0 Å². The van der Waals surface area contributed by atoms with Crippen molar-refractivity contribution in [2.75, 3.05) is 19.0 Å². The first-order valence-corrected chi connectivity index (χ1v) is 3.84. The fourth-order valence-corrected chi connectivity index (χ4v) is 0.207. The highest BCUT2D eigenvalue weighted by Gasteiger charge is 1.92. The molecule has 0 rings (SSSR count). The van der Waals surface area contributed by atoms with E-state index in [1.54, 1.807) is 13.0 Å². The van der Waals surface area contributed by atoms with Gasteiger partial charge in [0.05, 0.1) is 6.61 Å². The molecule has 11 heavy (non-hydrogen) atoms. The van der Waals surface area contributed by atoms with Crippen molar-refractivity contribution in [2.24, 2.45) is 0 Å². The Balaban J connectivity index is 0. The van der Waals surface area contributed by atoms with Gasteiger partial charge in [0.1, 0.15) is 6.61 Å². The summed E-state index contributed by atoms with van der Waals surface area (Å²) < 4.78 is 4.30. The Hall–Kier alpha value is -0.480. The molecule has 4 heteroatoms. The Morgan fingerprint density at radius 3 is 2.36 bits per heavy atom. The SMILES string of the molecule is C=CCS.CCOC(=O)CO. The molecule has 66 valence electrons. The summed E-state index contributed by atoms with van der Waals surface area (Å²) in [7, 11) is 0. The van der Waals surface area contributed by atoms with E-state index < -0.39 is 12.6 Å². The zero-order valence-electron chi connectivity index (χ0n) is 6.62. The molecule has 0 aromatic rings. The lowest BCUT2D eigenvalue weighted by Gasteiger charge is -1.93. The third-order valence-electron chi connectivity index (χ3n) is 0.564. The van der Waals surface area contributed by atoms with Crippen LogP contribution in [0.2, 0.25) is 0 Å². The monoisotopic (exact) mass is 178 g/mol. The summed E-state index contributed by atoms with van der Waals surface area (Å²) in [5.74, 6) is 0.211. The second-order valence-corrected chi connectivity index (χ2v) is 1.80. The molecule has 0 saturated carbocycles. The number of esters is 1. The summed E-state index contributed by atoms with van der Waals surface area (Å²) in [6.45, 7) is 4.90. The molecule has 0 aliphatic rings. The second-order valence-electron chi connectivity index (χ2n) is 1.43. The summed E-state index contributed by atoms with van der Waals surface area (Å²) in [6.07, 6.45) is 1.74. The van der Waals surface area contributed by atoms with Crippen LogP contribution in [0, 0.1) is 0 Å². The van der Waals surface area contributed by atoms with Gasteiger partial charge in [-0.05, 0) is 6.92 Å². The predicted octanol–water partition coefficient (Wildman–Crippen LogP) is 0.644. The molecule has 0 saturated heterocycles. The quantitative estimate of drug-likeness (QED) is 0.379. The van der Waals surface area contributed by atoms with Crippen molar-refractivity contribution in [1.82, 2.24) is 0 Å². The van der Waals surface area contributed by atoms with Crippen LogP contribution in [0.4, 0.5) is 0 Å². The number of hydrogen-bond donors (Lipinski definition) is 2. The van der Waals surface area contributed by atoms with Gasteiger partial charge in [0, 0.05) is 5.75 Å². The fourth-order valence-electron chi connectivity index (χ4n) is 0.207. The normalized spacial score (nSPS) is 7.55. The van der Waals surface area contributed by atoms with Crippen molar-refractivity contribution in [1.29, 1.82) is 0 Å². The molecule has 0 heterocycles. The summed E-state index contributed by atoms with van der Waals surface area (Å²) >= 11 is 3.80. The molecule has 1 N–H and O–H groups in total. The molecule has 0 aromatic heterocycles. The molecule has 0 spiro atoms. The molecule has 0 bridgehead atoms. The molecule has 0 aromatic carbocycles. The van der Waals surface area contributed by atoms with E-state index in [9.17, 15) is 4.79 Å². The van der Waals surface area contributed by atoms with Crippen LogP contribution in [-0.4, -0.2) is 30.0 Å². The number of rotatable bonds is 3. The highest BCUT2D eigenvalue weighted by atomic mass is 32.1. The van der Waals surface area contributed by atoms with Gasteiger partial charge in [-0.2, -0.15) is 12.6 Å². The maximum atomic E-state index is 9.94. The lowest BCUT2D eigenvalue weighted by atomic mass is 10.7. The maximum Gasteiger partial charge on any atom is 0.331 e. The smallest absolute Gasteiger partial charge is 0.331 e. The lowest BCUT2D eigenvalue weighted by molar-refractivity contribution is -0.146. The Labute approximate surface area is 72.5 Å². The summed E-state index contributed by atoms with van der Waals surface area (Å²) in [6, 6.07) is 0. The lowest BCUT2D eigenvalue weighted by Crippen LogP contribution is -2.07. The summed E-state index contributed by atoms with van der Waals surface area (Å²) in [5, 5.41) is 7.99. The Bertz CT molecular complexity index is 104. The van der Waals surface area contributed by atoms with Crippen LogP contribution in [0.25, 0.3) is 0 Å². The minimum atomic E-state index is -0.567. The molecular formula is C7H14O3S. The van der Waals surface area contributed by atoms with Crippen LogP contribution in [0.3, 0.4) is 0 Å². The van der Waals surface area contributed by atoms with Gasteiger partial charge in [-0.1, -0.05) is 6.08 Å². The second kappa shape index (κ2) is 12.2. The molecule has 3 nitrogen and oxygen atoms in total. The van der Waals surface area contributed by atoms with Gasteiger partial charge in [-0.3, -0.25) is 0 Å². The topological polar surface area (TPSA) is 46.5 Å². The van der Waals surface area contributed by atoms with Crippen LogP contribution in [-0.2, 0) is 9.53 Å². The van der Waals surface area contributed by atoms with E-state index in [0.717, 1.165) is 5.75 Å². The molecule has 0 unspecified atom stereocenters. The van der Waals surface area contributed by atoms with Crippen LogP contribution in [0.15, 0.2) is 12.7 Å². The Kier molecular flexibility index (Phi) is 14.6. The molecule has 0 amide bonds. The number of ether oxygens (including phenoxy) is 1. The zero-order chi connectivity index (χ0) is 9.11. The number of carbonyl (C=O) groups is 1. The highest BCUT2D eigenvalue weighted by Crippen LogP contribution is 1.71. The van der Waals surface area contributed by atoms with Crippen LogP contribution >= 0.6 is 12.6 Å². The van der Waals surface area contributed by atoms with E-state index in [4.69, 9.17) is 5.11 Å². The molecule has 0 radical (unpaired) electrons. The Morgan fingerprint density at radius 1 is 1.82 bits per heavy atom. The number of aliphatic hydroxyl groups excluding tert-OH is 1. The van der Waals surface area contributed by atoms with Gasteiger partial charge >= 0.3 is 5.97 Å². The van der Waals surface area contributed by atoms with Gasteiger partial charge in [-0.15, -0.1) is 6.58 Å². The summed E-state index contributed by atoms with van der Waals surface area (Å²) in [5.41, 5.74) is 0. The molecular weight excluding hydrogens is 164 g/mol. The third-order valence-corrected chi connectivity index (χ3v) is 0.822. The van der Waals surface area contributed by atoms with Gasteiger partial charge < -0.3 is 9.84 Å². The average molecular weight is 178 g/mol. The van der Waals surface area contributed by atoms with E-state index in [1.807, 2.05) is 0 Å². The standard InChI is InChI=1S/C4H8O3.C3H6S/c1-2-7-4(6)3-5;1-2-3-4/h5H,2-3H2,1H3;2,4H,1,3H2. The van der Waals surface area contributed by atoms with Crippen molar-refractivity contribution < 1.29 is 14.6 Å². The first-order valence-electron chi connectivity index (χ1n) is 3.21. The number of hydrogen-bond acceptors (Lipinski definition) is 4. The minimum Gasteiger partial charge on any atom is -0.464 e. The maximum absolute atomic E-state index is 9.94. The third kappa shape index (κ3) is 17.7. The van der Waals surface area contributed by atoms with Gasteiger partial charge in [0.2, 0.25) is 0 Å². The predicted molar refractivity (Wildman–Crippen MR) is 47.8 cm³/mol. The van der Waals surface area contributed by atoms with Gasteiger partial charge in [0.15, 0.2) is 0 Å². The van der Waals surface area contributed by atoms with E-state index in [0.29, 0.717) is 6.61 Å². The van der Waals surface area contributed by atoms with Crippen molar-refractivity contribution in [2.45, 2.75) is 6.92 Å². The van der Waals surface area contributed by atoms with E-state index in [2.05, 4.69) is 23.9 Å². The fraction of sp³-hybridized carbons (Fsp3) is 0.571. The van der Waals surface area contributed by atoms with E-state index >= 15 is 0 Å². The first-order chi connectivity index (χ1) is 5.22. The molecule has 0 fully saturated rings. The van der Waals surface area contributed by atoms with Crippen LogP contribution in [0.1, 0.15) is 6.92 Å². The number of carbonyl (C=O) groups excluding carboxylic acids is 1. The largest absolute Gasteiger partial charge is 0.464 e. The molecule has 0 aliphatic carbocycles. The minimum absolute atomic E-state index is 0.333.